The molecular weight excluding hydrogens is 200 g/mol. The van der Waals surface area contributed by atoms with Gasteiger partial charge in [0.05, 0.1) is 5.56 Å². The van der Waals surface area contributed by atoms with Crippen LogP contribution in [0.4, 0.5) is 5.82 Å². The Kier molecular flexibility index (Phi) is 2.70. The summed E-state index contributed by atoms with van der Waals surface area (Å²) in [7, 11) is 0. The number of Topliss-reactive ketones (excluding diaryl/α,β-unsaturated/α-hetero) is 1. The summed E-state index contributed by atoms with van der Waals surface area (Å²) in [5.41, 5.74) is 0.843. The van der Waals surface area contributed by atoms with Crippen LogP contribution in [-0.2, 0) is 0 Å². The van der Waals surface area contributed by atoms with Gasteiger partial charge in [0, 0.05) is 18.3 Å². The topological polar surface area (TPSA) is 33.2 Å². The Morgan fingerprint density at radius 1 is 1.50 bits per heavy atom. The van der Waals surface area contributed by atoms with E-state index in [-0.39, 0.29) is 11.3 Å². The highest BCUT2D eigenvalue weighted by Crippen LogP contribution is 2.34. The lowest BCUT2D eigenvalue weighted by Crippen LogP contribution is -2.39. The van der Waals surface area contributed by atoms with Gasteiger partial charge in [0.15, 0.2) is 5.78 Å². The van der Waals surface area contributed by atoms with Crippen molar-refractivity contribution in [2.24, 2.45) is 0 Å². The highest BCUT2D eigenvalue weighted by molar-refractivity contribution is 5.98. The molecule has 2 heterocycles. The lowest BCUT2D eigenvalue weighted by molar-refractivity contribution is 0.101. The Balaban J connectivity index is 2.44. The minimum atomic E-state index is 0.0887. The Morgan fingerprint density at radius 2 is 2.25 bits per heavy atom. The quantitative estimate of drug-likeness (QED) is 0.715. The molecule has 0 aliphatic carbocycles. The molecule has 1 fully saturated rings. The molecule has 2 rings (SSSR count). The molecular formula is C13H18N2O. The number of hydrogen-bond acceptors (Lipinski definition) is 3. The Labute approximate surface area is 96.5 Å². The van der Waals surface area contributed by atoms with Crippen molar-refractivity contribution in [2.75, 3.05) is 11.4 Å². The molecule has 0 amide bonds. The summed E-state index contributed by atoms with van der Waals surface area (Å²) in [5.74, 6) is 0.934. The maximum Gasteiger partial charge on any atom is 0.163 e. The Morgan fingerprint density at radius 3 is 2.81 bits per heavy atom. The lowest BCUT2D eigenvalue weighted by Gasteiger charge is -2.33. The number of pyridine rings is 1. The predicted octanol–water partition coefficient (Wildman–Crippen LogP) is 2.66. The van der Waals surface area contributed by atoms with E-state index in [9.17, 15) is 4.79 Å². The number of nitrogens with zero attached hydrogens (tertiary/aromatic N) is 2. The number of anilines is 1. The van der Waals surface area contributed by atoms with Crippen LogP contribution < -0.4 is 4.90 Å². The van der Waals surface area contributed by atoms with Crippen LogP contribution in [0, 0.1) is 0 Å². The van der Waals surface area contributed by atoms with Crippen LogP contribution in [0.2, 0.25) is 0 Å². The fourth-order valence-electron chi connectivity index (χ4n) is 2.39. The molecule has 0 bridgehead atoms. The van der Waals surface area contributed by atoms with Crippen LogP contribution in [0.15, 0.2) is 18.3 Å². The second-order valence-electron chi connectivity index (χ2n) is 5.00. The van der Waals surface area contributed by atoms with Gasteiger partial charge in [-0.1, -0.05) is 0 Å². The standard InChI is InChI=1S/C13H18N2O/c1-10(16)11-6-4-8-14-12(11)15-9-5-7-13(15,2)3/h4,6,8H,5,7,9H2,1-3H3. The summed E-state index contributed by atoms with van der Waals surface area (Å²) >= 11 is 0. The van der Waals surface area contributed by atoms with Crippen molar-refractivity contribution in [2.45, 2.75) is 39.2 Å². The molecule has 0 unspecified atom stereocenters. The zero-order valence-electron chi connectivity index (χ0n) is 10.2. The third kappa shape index (κ3) is 1.82. The molecule has 0 N–H and O–H groups in total. The van der Waals surface area contributed by atoms with Crippen molar-refractivity contribution < 1.29 is 4.79 Å². The van der Waals surface area contributed by atoms with Crippen molar-refractivity contribution in [1.82, 2.24) is 4.98 Å². The van der Waals surface area contributed by atoms with E-state index in [1.54, 1.807) is 13.1 Å². The predicted molar refractivity (Wildman–Crippen MR) is 64.9 cm³/mol. The second kappa shape index (κ2) is 3.89. The van der Waals surface area contributed by atoms with Crippen LogP contribution in [0.25, 0.3) is 0 Å². The van der Waals surface area contributed by atoms with Gasteiger partial charge < -0.3 is 4.90 Å². The van der Waals surface area contributed by atoms with Gasteiger partial charge in [-0.15, -0.1) is 0 Å². The summed E-state index contributed by atoms with van der Waals surface area (Å²) in [4.78, 5) is 18.2. The highest BCUT2D eigenvalue weighted by atomic mass is 16.1. The van der Waals surface area contributed by atoms with Gasteiger partial charge in [-0.2, -0.15) is 0 Å². The van der Waals surface area contributed by atoms with E-state index in [4.69, 9.17) is 0 Å². The van der Waals surface area contributed by atoms with Gasteiger partial charge in [0.2, 0.25) is 0 Å². The molecule has 0 spiro atoms. The zero-order chi connectivity index (χ0) is 11.8. The molecule has 3 heteroatoms. The van der Waals surface area contributed by atoms with Crippen molar-refractivity contribution in [3.63, 3.8) is 0 Å². The molecule has 0 aromatic carbocycles. The molecule has 1 aromatic heterocycles. The molecule has 0 radical (unpaired) electrons. The summed E-state index contributed by atoms with van der Waals surface area (Å²) in [6, 6.07) is 3.68. The van der Waals surface area contributed by atoms with E-state index in [1.807, 2.05) is 12.1 Å². The first-order chi connectivity index (χ1) is 7.52. The zero-order valence-corrected chi connectivity index (χ0v) is 10.2. The van der Waals surface area contributed by atoms with E-state index in [0.29, 0.717) is 0 Å². The molecule has 1 saturated heterocycles. The van der Waals surface area contributed by atoms with Gasteiger partial charge in [-0.25, -0.2) is 4.98 Å². The first-order valence-electron chi connectivity index (χ1n) is 5.76. The first-order valence-corrected chi connectivity index (χ1v) is 5.76. The number of rotatable bonds is 2. The van der Waals surface area contributed by atoms with Crippen LogP contribution >= 0.6 is 0 Å². The normalized spacial score (nSPS) is 18.8. The minimum Gasteiger partial charge on any atom is -0.351 e. The molecule has 1 aliphatic rings. The second-order valence-corrected chi connectivity index (χ2v) is 5.00. The number of carbonyl (C=O) groups excluding carboxylic acids is 1. The Bertz CT molecular complexity index is 412. The Hall–Kier alpha value is -1.38. The molecule has 3 nitrogen and oxygen atoms in total. The minimum absolute atomic E-state index is 0.0887. The third-order valence-electron chi connectivity index (χ3n) is 3.32. The summed E-state index contributed by atoms with van der Waals surface area (Å²) in [6.07, 6.45) is 4.08. The van der Waals surface area contributed by atoms with E-state index in [2.05, 4.69) is 23.7 Å². The van der Waals surface area contributed by atoms with Crippen molar-refractivity contribution in [3.8, 4) is 0 Å². The molecule has 16 heavy (non-hydrogen) atoms. The monoisotopic (exact) mass is 218 g/mol. The number of hydrogen-bond donors (Lipinski definition) is 0. The van der Waals surface area contributed by atoms with Gasteiger partial charge in [0.25, 0.3) is 0 Å². The van der Waals surface area contributed by atoms with Crippen LogP contribution in [0.5, 0.6) is 0 Å². The number of ketones is 1. The first kappa shape index (κ1) is 11.1. The SMILES string of the molecule is CC(=O)c1cccnc1N1CCCC1(C)C. The summed E-state index contributed by atoms with van der Waals surface area (Å²) in [5, 5.41) is 0. The van der Waals surface area contributed by atoms with Gasteiger partial charge >= 0.3 is 0 Å². The van der Waals surface area contributed by atoms with E-state index in [0.717, 1.165) is 24.3 Å². The van der Waals surface area contributed by atoms with Gasteiger partial charge in [0.1, 0.15) is 5.82 Å². The third-order valence-corrected chi connectivity index (χ3v) is 3.32. The molecule has 1 aliphatic heterocycles. The van der Waals surface area contributed by atoms with E-state index >= 15 is 0 Å². The summed E-state index contributed by atoms with van der Waals surface area (Å²) < 4.78 is 0. The molecule has 86 valence electrons. The van der Waals surface area contributed by atoms with Crippen LogP contribution in [0.3, 0.4) is 0 Å². The molecule has 0 atom stereocenters. The average Bonchev–Trinajstić information content (AvgIpc) is 2.58. The largest absolute Gasteiger partial charge is 0.351 e. The van der Waals surface area contributed by atoms with Gasteiger partial charge in [-0.05, 0) is 45.7 Å². The fourth-order valence-corrected chi connectivity index (χ4v) is 2.39. The fraction of sp³-hybridized carbons (Fsp3) is 0.538. The molecule has 1 aromatic rings. The lowest BCUT2D eigenvalue weighted by atomic mass is 10.0. The smallest absolute Gasteiger partial charge is 0.163 e. The van der Waals surface area contributed by atoms with Crippen molar-refractivity contribution in [3.05, 3.63) is 23.9 Å². The summed E-state index contributed by atoms with van der Waals surface area (Å²) in [6.45, 7) is 7.01. The van der Waals surface area contributed by atoms with Crippen LogP contribution in [-0.4, -0.2) is 22.9 Å². The molecule has 0 saturated carbocycles. The number of aromatic nitrogens is 1. The van der Waals surface area contributed by atoms with Crippen molar-refractivity contribution in [1.29, 1.82) is 0 Å². The highest BCUT2D eigenvalue weighted by Gasteiger charge is 2.34. The maximum absolute atomic E-state index is 11.6. The van der Waals surface area contributed by atoms with Gasteiger partial charge in [-0.3, -0.25) is 4.79 Å². The van der Waals surface area contributed by atoms with Crippen molar-refractivity contribution >= 4 is 11.6 Å². The van der Waals surface area contributed by atoms with E-state index in [1.165, 1.54) is 6.42 Å². The van der Waals surface area contributed by atoms with Crippen LogP contribution in [0.1, 0.15) is 44.0 Å². The van der Waals surface area contributed by atoms with E-state index < -0.39 is 0 Å². The maximum atomic E-state index is 11.6. The average molecular weight is 218 g/mol. The number of carbonyl (C=O) groups is 1.